The Balaban J connectivity index is 2.61. The first-order chi connectivity index (χ1) is 7.63. The van der Waals surface area contributed by atoms with Crippen LogP contribution in [-0.4, -0.2) is 27.3 Å². The lowest BCUT2D eigenvalue weighted by Gasteiger charge is -2.09. The molecule has 0 bridgehead atoms. The number of halogens is 2. The van der Waals surface area contributed by atoms with E-state index in [1.165, 1.54) is 4.68 Å². The van der Waals surface area contributed by atoms with E-state index < -0.39 is 0 Å². The quantitative estimate of drug-likeness (QED) is 0.830. The van der Waals surface area contributed by atoms with Crippen LogP contribution in [0.2, 0.25) is 10.3 Å². The van der Waals surface area contributed by atoms with Crippen molar-refractivity contribution < 1.29 is 4.74 Å². The van der Waals surface area contributed by atoms with Gasteiger partial charge in [0.15, 0.2) is 0 Å². The number of benzene rings is 1. The highest BCUT2D eigenvalue weighted by atomic mass is 35.5. The lowest BCUT2D eigenvalue weighted by atomic mass is 10.2. The summed E-state index contributed by atoms with van der Waals surface area (Å²) in [4.78, 5) is 0. The predicted octanol–water partition coefficient (Wildman–Crippen LogP) is 2.29. The molecule has 5 nitrogen and oxygen atoms in total. The first-order valence-corrected chi connectivity index (χ1v) is 5.17. The molecule has 2 aromatic rings. The summed E-state index contributed by atoms with van der Waals surface area (Å²) >= 11 is 11.9. The van der Waals surface area contributed by atoms with Crippen LogP contribution in [0.3, 0.4) is 0 Å². The Morgan fingerprint density at radius 1 is 1.31 bits per heavy atom. The third-order valence-electron chi connectivity index (χ3n) is 2.12. The third kappa shape index (κ3) is 1.83. The number of tetrazole rings is 1. The molecule has 0 saturated carbocycles. The molecule has 0 unspecified atom stereocenters. The fourth-order valence-electron chi connectivity index (χ4n) is 1.35. The van der Waals surface area contributed by atoms with Gasteiger partial charge in [0.1, 0.15) is 5.75 Å². The topological polar surface area (TPSA) is 52.8 Å². The van der Waals surface area contributed by atoms with Crippen molar-refractivity contribution >= 4 is 23.2 Å². The van der Waals surface area contributed by atoms with Crippen molar-refractivity contribution in [2.75, 3.05) is 7.11 Å². The summed E-state index contributed by atoms with van der Waals surface area (Å²) in [7, 11) is 1.58. The number of nitrogens with zero attached hydrogens (tertiary/aromatic N) is 4. The minimum atomic E-state index is 0.146. The Bertz CT molecular complexity index is 526. The summed E-state index contributed by atoms with van der Waals surface area (Å²) in [6, 6.07) is 3.51. The average Bonchev–Trinajstić information content (AvgIpc) is 2.65. The van der Waals surface area contributed by atoms with E-state index >= 15 is 0 Å². The van der Waals surface area contributed by atoms with Crippen LogP contribution in [0.4, 0.5) is 0 Å². The molecule has 2 rings (SSSR count). The van der Waals surface area contributed by atoms with E-state index in [4.69, 9.17) is 27.9 Å². The van der Waals surface area contributed by atoms with Crippen molar-refractivity contribution in [3.8, 4) is 11.4 Å². The highest BCUT2D eigenvalue weighted by Gasteiger charge is 2.12. The number of hydrogen-bond donors (Lipinski definition) is 0. The van der Waals surface area contributed by atoms with Gasteiger partial charge in [-0.25, -0.2) is 0 Å². The van der Waals surface area contributed by atoms with Gasteiger partial charge >= 0.3 is 0 Å². The van der Waals surface area contributed by atoms with Crippen LogP contribution in [0.5, 0.6) is 5.75 Å². The van der Waals surface area contributed by atoms with Gasteiger partial charge in [0.2, 0.25) is 5.28 Å². The van der Waals surface area contributed by atoms with Gasteiger partial charge in [0.25, 0.3) is 0 Å². The Morgan fingerprint density at radius 2 is 2.06 bits per heavy atom. The number of aromatic nitrogens is 4. The zero-order valence-electron chi connectivity index (χ0n) is 8.61. The molecule has 0 radical (unpaired) electrons. The normalized spacial score (nSPS) is 10.5. The van der Waals surface area contributed by atoms with Crippen LogP contribution in [0, 0.1) is 6.92 Å². The second-order valence-electron chi connectivity index (χ2n) is 3.13. The molecule has 1 aromatic heterocycles. The molecule has 0 saturated heterocycles. The summed E-state index contributed by atoms with van der Waals surface area (Å²) < 4.78 is 6.53. The standard InChI is InChI=1S/C9H8Cl2N4O/c1-5-3-6(10)7(4-8(5)16-2)15-9(11)12-13-14-15/h3-4H,1-2H3. The van der Waals surface area contributed by atoms with Gasteiger partial charge < -0.3 is 4.74 Å². The highest BCUT2D eigenvalue weighted by Crippen LogP contribution is 2.29. The van der Waals surface area contributed by atoms with Gasteiger partial charge in [-0.2, -0.15) is 4.68 Å². The number of ether oxygens (including phenoxy) is 1. The third-order valence-corrected chi connectivity index (χ3v) is 2.66. The molecule has 1 heterocycles. The molecule has 7 heteroatoms. The molecule has 0 aliphatic carbocycles. The van der Waals surface area contributed by atoms with Gasteiger partial charge in [0.05, 0.1) is 17.8 Å². The fourth-order valence-corrected chi connectivity index (χ4v) is 1.81. The minimum absolute atomic E-state index is 0.146. The van der Waals surface area contributed by atoms with Gasteiger partial charge in [-0.1, -0.05) is 16.7 Å². The van der Waals surface area contributed by atoms with Gasteiger partial charge in [0, 0.05) is 6.07 Å². The zero-order valence-corrected chi connectivity index (χ0v) is 10.1. The van der Waals surface area contributed by atoms with E-state index in [0.717, 1.165) is 5.56 Å². The van der Waals surface area contributed by atoms with E-state index in [1.807, 2.05) is 6.92 Å². The summed E-state index contributed by atoms with van der Waals surface area (Å²) in [6.07, 6.45) is 0. The molecular weight excluding hydrogens is 251 g/mol. The number of rotatable bonds is 2. The molecular formula is C9H8Cl2N4O. The van der Waals surface area contributed by atoms with Gasteiger partial charge in [-0.05, 0) is 40.6 Å². The number of methoxy groups -OCH3 is 1. The molecule has 1 aromatic carbocycles. The summed E-state index contributed by atoms with van der Waals surface area (Å²) in [5.41, 5.74) is 1.51. The predicted molar refractivity (Wildman–Crippen MR) is 60.5 cm³/mol. The molecule has 0 N–H and O–H groups in total. The number of hydrogen-bond acceptors (Lipinski definition) is 4. The van der Waals surface area contributed by atoms with Crippen LogP contribution in [0.1, 0.15) is 5.56 Å². The Morgan fingerprint density at radius 3 is 2.62 bits per heavy atom. The second-order valence-corrected chi connectivity index (χ2v) is 3.88. The lowest BCUT2D eigenvalue weighted by molar-refractivity contribution is 0.411. The van der Waals surface area contributed by atoms with E-state index in [-0.39, 0.29) is 5.28 Å². The maximum atomic E-state index is 6.09. The van der Waals surface area contributed by atoms with E-state index in [0.29, 0.717) is 16.5 Å². The molecule has 84 valence electrons. The highest BCUT2D eigenvalue weighted by molar-refractivity contribution is 6.33. The number of aryl methyl sites for hydroxylation is 1. The largest absolute Gasteiger partial charge is 0.496 e. The van der Waals surface area contributed by atoms with Crippen LogP contribution < -0.4 is 4.74 Å². The van der Waals surface area contributed by atoms with E-state index in [1.54, 1.807) is 19.2 Å². The van der Waals surface area contributed by atoms with Crippen molar-refractivity contribution in [1.29, 1.82) is 0 Å². The zero-order chi connectivity index (χ0) is 11.7. The van der Waals surface area contributed by atoms with E-state index in [9.17, 15) is 0 Å². The Kier molecular flexibility index (Phi) is 2.98. The van der Waals surface area contributed by atoms with Crippen LogP contribution >= 0.6 is 23.2 Å². The van der Waals surface area contributed by atoms with Crippen molar-refractivity contribution in [3.05, 3.63) is 28.0 Å². The Labute approximate surface area is 102 Å². The first-order valence-electron chi connectivity index (χ1n) is 4.42. The lowest BCUT2D eigenvalue weighted by Crippen LogP contribution is -2.00. The van der Waals surface area contributed by atoms with Crippen molar-refractivity contribution in [1.82, 2.24) is 20.2 Å². The monoisotopic (exact) mass is 258 g/mol. The maximum Gasteiger partial charge on any atom is 0.248 e. The first kappa shape index (κ1) is 11.2. The molecule has 0 amide bonds. The molecule has 0 aliphatic heterocycles. The van der Waals surface area contributed by atoms with Crippen LogP contribution in [0.15, 0.2) is 12.1 Å². The summed E-state index contributed by atoms with van der Waals surface area (Å²) in [5.74, 6) is 0.700. The van der Waals surface area contributed by atoms with Crippen LogP contribution in [0.25, 0.3) is 5.69 Å². The van der Waals surface area contributed by atoms with Gasteiger partial charge in [-0.15, -0.1) is 0 Å². The molecule has 0 atom stereocenters. The maximum absolute atomic E-state index is 6.09. The summed E-state index contributed by atoms with van der Waals surface area (Å²) in [6.45, 7) is 1.90. The molecule has 16 heavy (non-hydrogen) atoms. The molecule has 0 aliphatic rings. The minimum Gasteiger partial charge on any atom is -0.496 e. The van der Waals surface area contributed by atoms with Gasteiger partial charge in [-0.3, -0.25) is 0 Å². The molecule has 0 fully saturated rings. The Hall–Kier alpha value is -1.33. The molecule has 0 spiro atoms. The van der Waals surface area contributed by atoms with Crippen molar-refractivity contribution in [2.24, 2.45) is 0 Å². The SMILES string of the molecule is COc1cc(-n2nnnc2Cl)c(Cl)cc1C. The smallest absolute Gasteiger partial charge is 0.248 e. The summed E-state index contributed by atoms with van der Waals surface area (Å²) in [5, 5.41) is 11.4. The average molecular weight is 259 g/mol. The van der Waals surface area contributed by atoms with Crippen molar-refractivity contribution in [3.63, 3.8) is 0 Å². The van der Waals surface area contributed by atoms with Crippen molar-refractivity contribution in [2.45, 2.75) is 6.92 Å². The van der Waals surface area contributed by atoms with Crippen LogP contribution in [-0.2, 0) is 0 Å². The van der Waals surface area contributed by atoms with E-state index in [2.05, 4.69) is 15.5 Å². The second kappa shape index (κ2) is 4.27. The fraction of sp³-hybridized carbons (Fsp3) is 0.222.